The summed E-state index contributed by atoms with van der Waals surface area (Å²) in [6, 6.07) is 8.43. The van der Waals surface area contributed by atoms with E-state index in [0.29, 0.717) is 24.4 Å². The number of nitrogens with one attached hydrogen (secondary N) is 1. The van der Waals surface area contributed by atoms with Gasteiger partial charge in [0.05, 0.1) is 7.11 Å². The summed E-state index contributed by atoms with van der Waals surface area (Å²) in [4.78, 5) is 23.8. The number of halogens is 1. The topological polar surface area (TPSA) is 60.3 Å². The van der Waals surface area contributed by atoms with Crippen LogP contribution in [-0.4, -0.2) is 24.1 Å². The molecule has 0 saturated heterocycles. The molecule has 22 heavy (non-hydrogen) atoms. The van der Waals surface area contributed by atoms with Gasteiger partial charge in [0.15, 0.2) is 0 Å². The van der Waals surface area contributed by atoms with E-state index in [9.17, 15) is 14.0 Å². The largest absolute Gasteiger partial charge is 0.496 e. The Morgan fingerprint density at radius 3 is 2.55 bits per heavy atom. The fraction of sp³-hybridized carbons (Fsp3) is 0.250. The van der Waals surface area contributed by atoms with Crippen LogP contribution >= 0.6 is 0 Å². The first kappa shape index (κ1) is 15.8. The Balaban J connectivity index is 1.98. The van der Waals surface area contributed by atoms with E-state index in [1.54, 1.807) is 17.6 Å². The van der Waals surface area contributed by atoms with Gasteiger partial charge < -0.3 is 14.6 Å². The zero-order valence-corrected chi connectivity index (χ0v) is 12.4. The molecule has 0 aliphatic heterocycles. The van der Waals surface area contributed by atoms with E-state index in [1.807, 2.05) is 0 Å². The highest BCUT2D eigenvalue weighted by molar-refractivity contribution is 5.94. The number of rotatable bonds is 5. The number of carbonyl (C=O) groups excluding carboxylic acids is 1. The lowest BCUT2D eigenvalue weighted by Gasteiger charge is -2.12. The van der Waals surface area contributed by atoms with Crippen LogP contribution in [0.25, 0.3) is 0 Å². The SMILES string of the molecule is COc1cc(C)n(CCNC(=O)c2ccc(F)cc2)c(=O)c1. The van der Waals surface area contributed by atoms with Gasteiger partial charge in [-0.05, 0) is 37.3 Å². The van der Waals surface area contributed by atoms with Crippen LogP contribution in [0.15, 0.2) is 41.2 Å². The Hall–Kier alpha value is -2.63. The highest BCUT2D eigenvalue weighted by Gasteiger charge is 2.07. The smallest absolute Gasteiger partial charge is 0.254 e. The lowest BCUT2D eigenvalue weighted by Crippen LogP contribution is -2.31. The molecule has 0 aliphatic carbocycles. The third kappa shape index (κ3) is 3.72. The average Bonchev–Trinajstić information content (AvgIpc) is 2.50. The third-order valence-electron chi connectivity index (χ3n) is 3.27. The van der Waals surface area contributed by atoms with Crippen LogP contribution in [0.4, 0.5) is 4.39 Å². The van der Waals surface area contributed by atoms with Crippen molar-refractivity contribution in [3.05, 3.63) is 63.8 Å². The van der Waals surface area contributed by atoms with Crippen LogP contribution in [0.3, 0.4) is 0 Å². The molecule has 0 fully saturated rings. The van der Waals surface area contributed by atoms with Crippen molar-refractivity contribution in [1.82, 2.24) is 9.88 Å². The zero-order chi connectivity index (χ0) is 16.1. The number of hydrogen-bond donors (Lipinski definition) is 1. The summed E-state index contributed by atoms with van der Waals surface area (Å²) in [5.41, 5.74) is 0.938. The molecule has 6 heteroatoms. The van der Waals surface area contributed by atoms with Crippen LogP contribution in [0.1, 0.15) is 16.1 Å². The fourth-order valence-corrected chi connectivity index (χ4v) is 2.09. The van der Waals surface area contributed by atoms with Crippen molar-refractivity contribution in [3.8, 4) is 5.75 Å². The predicted molar refractivity (Wildman–Crippen MR) is 80.7 cm³/mol. The molecule has 1 amide bonds. The molecular formula is C16H17FN2O3. The van der Waals surface area contributed by atoms with Gasteiger partial charge in [0.2, 0.25) is 0 Å². The second kappa shape index (κ2) is 6.89. The maximum absolute atomic E-state index is 12.8. The molecule has 2 rings (SSSR count). The van der Waals surface area contributed by atoms with E-state index in [2.05, 4.69) is 5.32 Å². The Morgan fingerprint density at radius 1 is 1.27 bits per heavy atom. The number of aryl methyl sites for hydroxylation is 1. The molecule has 2 aromatic rings. The third-order valence-corrected chi connectivity index (χ3v) is 3.27. The summed E-state index contributed by atoms with van der Waals surface area (Å²) < 4.78 is 19.4. The average molecular weight is 304 g/mol. The molecular weight excluding hydrogens is 287 g/mol. The lowest BCUT2D eigenvalue weighted by molar-refractivity contribution is 0.0952. The van der Waals surface area contributed by atoms with Gasteiger partial charge in [-0.25, -0.2) is 4.39 Å². The highest BCUT2D eigenvalue weighted by atomic mass is 19.1. The molecule has 1 aromatic heterocycles. The monoisotopic (exact) mass is 304 g/mol. The number of benzene rings is 1. The summed E-state index contributed by atoms with van der Waals surface area (Å²) in [6.45, 7) is 2.44. The van der Waals surface area contributed by atoms with E-state index < -0.39 is 5.82 Å². The van der Waals surface area contributed by atoms with Gasteiger partial charge in [-0.1, -0.05) is 0 Å². The van der Waals surface area contributed by atoms with Crippen LogP contribution in [0.5, 0.6) is 5.75 Å². The van der Waals surface area contributed by atoms with E-state index in [4.69, 9.17) is 4.74 Å². The number of methoxy groups -OCH3 is 1. The van der Waals surface area contributed by atoms with Gasteiger partial charge in [0.25, 0.3) is 11.5 Å². The van der Waals surface area contributed by atoms with Crippen LogP contribution in [0, 0.1) is 12.7 Å². The first-order valence-electron chi connectivity index (χ1n) is 6.80. The number of amides is 1. The van der Waals surface area contributed by atoms with Crippen molar-refractivity contribution in [2.45, 2.75) is 13.5 Å². The minimum absolute atomic E-state index is 0.187. The minimum Gasteiger partial charge on any atom is -0.496 e. The second-order valence-electron chi connectivity index (χ2n) is 4.79. The fourth-order valence-electron chi connectivity index (χ4n) is 2.09. The number of pyridine rings is 1. The van der Waals surface area contributed by atoms with E-state index in [0.717, 1.165) is 5.69 Å². The van der Waals surface area contributed by atoms with Crippen molar-refractivity contribution >= 4 is 5.91 Å². The number of hydrogen-bond acceptors (Lipinski definition) is 3. The Morgan fingerprint density at radius 2 is 1.95 bits per heavy atom. The second-order valence-corrected chi connectivity index (χ2v) is 4.79. The van der Waals surface area contributed by atoms with Crippen LogP contribution < -0.4 is 15.6 Å². The van der Waals surface area contributed by atoms with Crippen molar-refractivity contribution in [3.63, 3.8) is 0 Å². The van der Waals surface area contributed by atoms with Crippen LogP contribution in [0.2, 0.25) is 0 Å². The molecule has 0 aliphatic rings. The molecule has 0 unspecified atom stereocenters. The van der Waals surface area contributed by atoms with Gasteiger partial charge in [0.1, 0.15) is 11.6 Å². The van der Waals surface area contributed by atoms with Gasteiger partial charge in [-0.15, -0.1) is 0 Å². The maximum atomic E-state index is 12.8. The molecule has 0 radical (unpaired) electrons. The molecule has 0 spiro atoms. The van der Waals surface area contributed by atoms with Gasteiger partial charge >= 0.3 is 0 Å². The number of ether oxygens (including phenoxy) is 1. The molecule has 1 heterocycles. The van der Waals surface area contributed by atoms with Crippen LogP contribution in [-0.2, 0) is 6.54 Å². The normalized spacial score (nSPS) is 10.3. The summed E-state index contributed by atoms with van der Waals surface area (Å²) in [5, 5.41) is 2.70. The standard InChI is InChI=1S/C16H17FN2O3/c1-11-9-14(22-2)10-15(20)19(11)8-7-18-16(21)12-3-5-13(17)6-4-12/h3-6,9-10H,7-8H2,1-2H3,(H,18,21). The first-order valence-corrected chi connectivity index (χ1v) is 6.80. The van der Waals surface area contributed by atoms with Crippen molar-refractivity contribution in [2.24, 2.45) is 0 Å². The summed E-state index contributed by atoms with van der Waals surface area (Å²) in [7, 11) is 1.50. The molecule has 0 atom stereocenters. The van der Waals surface area contributed by atoms with Gasteiger partial charge in [0, 0.05) is 30.4 Å². The van der Waals surface area contributed by atoms with Crippen molar-refractivity contribution < 1.29 is 13.9 Å². The Kier molecular flexibility index (Phi) is 4.93. The number of aromatic nitrogens is 1. The number of carbonyl (C=O) groups is 1. The van der Waals surface area contributed by atoms with E-state index >= 15 is 0 Å². The molecule has 0 bridgehead atoms. The molecule has 5 nitrogen and oxygen atoms in total. The van der Waals surface area contributed by atoms with Gasteiger partial charge in [-0.3, -0.25) is 9.59 Å². The molecule has 0 saturated carbocycles. The van der Waals surface area contributed by atoms with Crippen molar-refractivity contribution in [1.29, 1.82) is 0 Å². The summed E-state index contributed by atoms with van der Waals surface area (Å²) >= 11 is 0. The Bertz CT molecular complexity index is 723. The van der Waals surface area contributed by atoms with Crippen molar-refractivity contribution in [2.75, 3.05) is 13.7 Å². The zero-order valence-electron chi connectivity index (χ0n) is 12.4. The number of nitrogens with zero attached hydrogens (tertiary/aromatic N) is 1. The van der Waals surface area contributed by atoms with E-state index in [1.165, 1.54) is 37.4 Å². The molecule has 1 N–H and O–H groups in total. The summed E-state index contributed by atoms with van der Waals surface area (Å²) in [5.74, 6) is -0.190. The van der Waals surface area contributed by atoms with E-state index in [-0.39, 0.29) is 11.5 Å². The minimum atomic E-state index is -0.392. The highest BCUT2D eigenvalue weighted by Crippen LogP contribution is 2.08. The molecule has 1 aromatic carbocycles. The maximum Gasteiger partial charge on any atom is 0.254 e. The molecule has 116 valence electrons. The Labute approximate surface area is 127 Å². The summed E-state index contributed by atoms with van der Waals surface area (Å²) in [6.07, 6.45) is 0. The van der Waals surface area contributed by atoms with Gasteiger partial charge in [-0.2, -0.15) is 0 Å². The lowest BCUT2D eigenvalue weighted by atomic mass is 10.2. The first-order chi connectivity index (χ1) is 10.5. The quantitative estimate of drug-likeness (QED) is 0.915. The predicted octanol–water partition coefficient (Wildman–Crippen LogP) is 1.73.